The van der Waals surface area contributed by atoms with E-state index >= 15 is 0 Å². The first kappa shape index (κ1) is 15.7. The van der Waals surface area contributed by atoms with E-state index in [-0.39, 0.29) is 19.1 Å². The van der Waals surface area contributed by atoms with Gasteiger partial charge in [-0.2, -0.15) is 0 Å². The van der Waals surface area contributed by atoms with Gasteiger partial charge in [-0.3, -0.25) is 9.59 Å². The quantitative estimate of drug-likeness (QED) is 0.667. The van der Waals surface area contributed by atoms with Gasteiger partial charge >= 0.3 is 5.97 Å². The minimum Gasteiger partial charge on any atom is -0.454 e. The molecule has 0 bridgehead atoms. The normalized spacial score (nSPS) is 10.5. The van der Waals surface area contributed by atoms with E-state index in [0.29, 0.717) is 5.52 Å². The van der Waals surface area contributed by atoms with Crippen molar-refractivity contribution in [2.45, 2.75) is 6.54 Å². The fraction of sp³-hybridized carbons (Fsp3) is 0.176. The second-order valence-electron chi connectivity index (χ2n) is 5.18. The topological polar surface area (TPSA) is 77.3 Å². The van der Waals surface area contributed by atoms with Crippen LogP contribution in [0.5, 0.6) is 0 Å². The molecule has 0 aliphatic heterocycles. The molecule has 1 aromatic heterocycles. The number of nitrogens with zero attached hydrogens (tertiary/aromatic N) is 4. The Bertz CT molecular complexity index is 860. The summed E-state index contributed by atoms with van der Waals surface area (Å²) in [5.74, 6) is -0.849. The zero-order valence-electron chi connectivity index (χ0n) is 13.1. The van der Waals surface area contributed by atoms with E-state index in [4.69, 9.17) is 4.74 Å². The van der Waals surface area contributed by atoms with Crippen molar-refractivity contribution in [3.05, 3.63) is 54.6 Å². The zero-order chi connectivity index (χ0) is 16.9. The Morgan fingerprint density at radius 3 is 2.58 bits per heavy atom. The van der Waals surface area contributed by atoms with Crippen LogP contribution in [0.25, 0.3) is 11.0 Å². The first-order valence-corrected chi connectivity index (χ1v) is 7.40. The average molecular weight is 324 g/mol. The number of anilines is 1. The van der Waals surface area contributed by atoms with Crippen LogP contribution in [0.3, 0.4) is 0 Å². The highest BCUT2D eigenvalue weighted by molar-refractivity contribution is 5.94. The summed E-state index contributed by atoms with van der Waals surface area (Å²) >= 11 is 0. The summed E-state index contributed by atoms with van der Waals surface area (Å²) in [5.41, 5.74) is 2.17. The van der Waals surface area contributed by atoms with Gasteiger partial charge in [0.1, 0.15) is 12.1 Å². The number of aromatic nitrogens is 3. The third-order valence-corrected chi connectivity index (χ3v) is 3.57. The summed E-state index contributed by atoms with van der Waals surface area (Å²) in [4.78, 5) is 25.5. The molecule has 2 aromatic carbocycles. The van der Waals surface area contributed by atoms with Gasteiger partial charge in [-0.1, -0.05) is 35.5 Å². The van der Waals surface area contributed by atoms with Crippen molar-refractivity contribution in [2.24, 2.45) is 0 Å². The average Bonchev–Trinajstić information content (AvgIpc) is 3.03. The molecular formula is C17H16N4O3. The molecular weight excluding hydrogens is 308 g/mol. The monoisotopic (exact) mass is 324 g/mol. The van der Waals surface area contributed by atoms with Crippen LogP contribution in [0.15, 0.2) is 54.6 Å². The Morgan fingerprint density at radius 2 is 1.79 bits per heavy atom. The van der Waals surface area contributed by atoms with E-state index in [0.717, 1.165) is 11.2 Å². The molecule has 7 heteroatoms. The Morgan fingerprint density at radius 1 is 1.08 bits per heavy atom. The maximum Gasteiger partial charge on any atom is 0.328 e. The molecule has 1 amide bonds. The molecule has 0 fully saturated rings. The van der Waals surface area contributed by atoms with Crippen LogP contribution < -0.4 is 4.90 Å². The fourth-order valence-electron chi connectivity index (χ4n) is 2.24. The third-order valence-electron chi connectivity index (χ3n) is 3.57. The van der Waals surface area contributed by atoms with E-state index in [9.17, 15) is 9.59 Å². The number of benzene rings is 2. The van der Waals surface area contributed by atoms with Crippen LogP contribution in [-0.4, -0.2) is 40.5 Å². The summed E-state index contributed by atoms with van der Waals surface area (Å²) in [6, 6.07) is 16.5. The fourth-order valence-corrected chi connectivity index (χ4v) is 2.24. The molecule has 0 aliphatic rings. The third kappa shape index (κ3) is 3.40. The molecule has 0 aliphatic carbocycles. The Kier molecular flexibility index (Phi) is 4.51. The number of para-hydroxylation sites is 2. The van der Waals surface area contributed by atoms with Crippen molar-refractivity contribution in [1.82, 2.24) is 15.0 Å². The molecule has 1 heterocycles. The van der Waals surface area contributed by atoms with E-state index in [1.54, 1.807) is 19.2 Å². The van der Waals surface area contributed by atoms with Gasteiger partial charge in [0.15, 0.2) is 6.61 Å². The minimum atomic E-state index is -0.541. The van der Waals surface area contributed by atoms with Crippen molar-refractivity contribution >= 4 is 28.6 Å². The Hall–Kier alpha value is -3.22. The van der Waals surface area contributed by atoms with Crippen molar-refractivity contribution in [3.63, 3.8) is 0 Å². The molecule has 122 valence electrons. The molecule has 0 N–H and O–H groups in total. The Balaban J connectivity index is 1.57. The molecule has 0 saturated carbocycles. The van der Waals surface area contributed by atoms with Gasteiger partial charge in [0.05, 0.1) is 5.52 Å². The molecule has 3 aromatic rings. The number of rotatable bonds is 5. The van der Waals surface area contributed by atoms with Gasteiger partial charge in [-0.15, -0.1) is 5.10 Å². The first-order valence-electron chi connectivity index (χ1n) is 7.40. The van der Waals surface area contributed by atoms with Gasteiger partial charge in [-0.25, -0.2) is 4.68 Å². The summed E-state index contributed by atoms with van der Waals surface area (Å²) in [7, 11) is 1.64. The second-order valence-corrected chi connectivity index (χ2v) is 5.18. The number of carbonyl (C=O) groups excluding carboxylic acids is 2. The van der Waals surface area contributed by atoms with E-state index in [2.05, 4.69) is 10.3 Å². The summed E-state index contributed by atoms with van der Waals surface area (Å²) in [5, 5.41) is 7.88. The number of esters is 1. The number of amides is 1. The standard InChI is InChI=1S/C17H16N4O3/c1-20(13-7-3-2-4-8-13)16(22)12-24-17(23)11-21-15-10-6-5-9-14(15)18-19-21/h2-10H,11-12H2,1H3. The molecule has 0 unspecified atom stereocenters. The maximum atomic E-state index is 12.1. The molecule has 7 nitrogen and oxygen atoms in total. The van der Waals surface area contributed by atoms with E-state index < -0.39 is 5.97 Å². The van der Waals surface area contributed by atoms with Crippen molar-refractivity contribution in [2.75, 3.05) is 18.6 Å². The second kappa shape index (κ2) is 6.91. The van der Waals surface area contributed by atoms with E-state index in [1.807, 2.05) is 42.5 Å². The number of carbonyl (C=O) groups is 2. The van der Waals surface area contributed by atoms with Crippen molar-refractivity contribution in [3.8, 4) is 0 Å². The maximum absolute atomic E-state index is 12.1. The number of fused-ring (bicyclic) bond motifs is 1. The molecule has 0 radical (unpaired) electrons. The number of ether oxygens (including phenoxy) is 1. The Labute approximate surface area is 138 Å². The highest BCUT2D eigenvalue weighted by Gasteiger charge is 2.15. The van der Waals surface area contributed by atoms with Gasteiger partial charge < -0.3 is 9.64 Å². The lowest BCUT2D eigenvalue weighted by Crippen LogP contribution is -2.31. The molecule has 0 atom stereocenters. The van der Waals surface area contributed by atoms with Crippen LogP contribution in [0, 0.1) is 0 Å². The van der Waals surface area contributed by atoms with Crippen LogP contribution in [-0.2, 0) is 20.9 Å². The number of hydrogen-bond acceptors (Lipinski definition) is 5. The highest BCUT2D eigenvalue weighted by atomic mass is 16.5. The largest absolute Gasteiger partial charge is 0.454 e. The molecule has 0 saturated heterocycles. The number of hydrogen-bond donors (Lipinski definition) is 0. The SMILES string of the molecule is CN(C(=O)COC(=O)Cn1nnc2ccccc21)c1ccccc1. The molecule has 0 spiro atoms. The smallest absolute Gasteiger partial charge is 0.328 e. The lowest BCUT2D eigenvalue weighted by Gasteiger charge is -2.17. The molecule has 24 heavy (non-hydrogen) atoms. The lowest BCUT2D eigenvalue weighted by molar-refractivity contribution is -0.148. The molecule has 3 rings (SSSR count). The summed E-state index contributed by atoms with van der Waals surface area (Å²) < 4.78 is 6.50. The first-order chi connectivity index (χ1) is 11.6. The zero-order valence-corrected chi connectivity index (χ0v) is 13.1. The van der Waals surface area contributed by atoms with Crippen LogP contribution in [0.1, 0.15) is 0 Å². The lowest BCUT2D eigenvalue weighted by atomic mass is 10.3. The van der Waals surface area contributed by atoms with Crippen molar-refractivity contribution < 1.29 is 14.3 Å². The van der Waals surface area contributed by atoms with Gasteiger partial charge in [0, 0.05) is 12.7 Å². The summed E-state index contributed by atoms with van der Waals surface area (Å²) in [6.45, 7) is -0.417. The van der Waals surface area contributed by atoms with E-state index in [1.165, 1.54) is 9.58 Å². The van der Waals surface area contributed by atoms with Crippen LogP contribution in [0.2, 0.25) is 0 Å². The van der Waals surface area contributed by atoms with Crippen molar-refractivity contribution in [1.29, 1.82) is 0 Å². The van der Waals surface area contributed by atoms with Gasteiger partial charge in [-0.05, 0) is 24.3 Å². The van der Waals surface area contributed by atoms with Gasteiger partial charge in [0.25, 0.3) is 5.91 Å². The highest BCUT2D eigenvalue weighted by Crippen LogP contribution is 2.12. The summed E-state index contributed by atoms with van der Waals surface area (Å²) in [6.07, 6.45) is 0. The number of likely N-dealkylation sites (N-methyl/N-ethyl adjacent to an activating group) is 1. The van der Waals surface area contributed by atoms with Gasteiger partial charge in [0.2, 0.25) is 0 Å². The predicted molar refractivity (Wildman–Crippen MR) is 88.3 cm³/mol. The minimum absolute atomic E-state index is 0.0944. The predicted octanol–water partition coefficient (Wildman–Crippen LogP) is 1.64. The van der Waals surface area contributed by atoms with Crippen LogP contribution in [0.4, 0.5) is 5.69 Å². The van der Waals surface area contributed by atoms with Crippen LogP contribution >= 0.6 is 0 Å².